The van der Waals surface area contributed by atoms with Gasteiger partial charge in [-0.1, -0.05) is 35.7 Å². The molecule has 1 atom stereocenters. The van der Waals surface area contributed by atoms with Crippen molar-refractivity contribution >= 4 is 21.8 Å². The summed E-state index contributed by atoms with van der Waals surface area (Å²) in [6.45, 7) is 2.13. The lowest BCUT2D eigenvalue weighted by Crippen LogP contribution is -2.15. The third-order valence-corrected chi connectivity index (χ3v) is 2.08. The number of carbonyl (C=O) groups excluding carboxylic acids is 1. The molecule has 2 N–H and O–H groups in total. The van der Waals surface area contributed by atoms with Gasteiger partial charge in [0.2, 0.25) is 5.91 Å². The molecule has 0 saturated heterocycles. The Morgan fingerprint density at radius 3 is 2.70 bits per heavy atom. The molecule has 2 nitrogen and oxygen atoms in total. The van der Waals surface area contributed by atoms with Crippen LogP contribution in [0.3, 0.4) is 0 Å². The SMILES string of the molecule is CCCCC(Br)CC(N)=O. The van der Waals surface area contributed by atoms with Gasteiger partial charge in [-0.15, -0.1) is 0 Å². The van der Waals surface area contributed by atoms with Crippen LogP contribution in [-0.2, 0) is 4.79 Å². The van der Waals surface area contributed by atoms with Crippen molar-refractivity contribution in [2.24, 2.45) is 5.73 Å². The molecule has 1 unspecified atom stereocenters. The van der Waals surface area contributed by atoms with E-state index in [9.17, 15) is 4.79 Å². The summed E-state index contributed by atoms with van der Waals surface area (Å²) in [6.07, 6.45) is 3.82. The average molecular weight is 208 g/mol. The molecule has 0 fully saturated rings. The Morgan fingerprint density at radius 1 is 1.70 bits per heavy atom. The van der Waals surface area contributed by atoms with E-state index in [4.69, 9.17) is 5.73 Å². The number of halogens is 1. The second kappa shape index (κ2) is 5.71. The van der Waals surface area contributed by atoms with Crippen LogP contribution in [0.4, 0.5) is 0 Å². The molecular formula is C7H14BrNO. The Bertz CT molecular complexity index is 106. The van der Waals surface area contributed by atoms with Gasteiger partial charge in [-0.2, -0.15) is 0 Å². The largest absolute Gasteiger partial charge is 0.370 e. The molecule has 3 heteroatoms. The Hall–Kier alpha value is -0.0500. The number of alkyl halides is 1. The standard InChI is InChI=1S/C7H14BrNO/c1-2-3-4-6(8)5-7(9)10/h6H,2-5H2,1H3,(H2,9,10). The molecule has 0 heterocycles. The molecule has 0 saturated carbocycles. The predicted octanol–water partition coefficient (Wildman–Crippen LogP) is 1.82. The van der Waals surface area contributed by atoms with Crippen molar-refractivity contribution in [1.82, 2.24) is 0 Å². The number of amides is 1. The summed E-state index contributed by atoms with van der Waals surface area (Å²) >= 11 is 3.38. The minimum atomic E-state index is -0.224. The van der Waals surface area contributed by atoms with Crippen molar-refractivity contribution in [3.8, 4) is 0 Å². The number of primary amides is 1. The Labute approximate surface area is 70.3 Å². The molecular weight excluding hydrogens is 194 g/mol. The first kappa shape index (κ1) is 9.95. The zero-order valence-electron chi connectivity index (χ0n) is 6.27. The van der Waals surface area contributed by atoms with E-state index >= 15 is 0 Å². The van der Waals surface area contributed by atoms with Gasteiger partial charge in [0.1, 0.15) is 0 Å². The summed E-state index contributed by atoms with van der Waals surface area (Å²) in [4.78, 5) is 10.6. The highest BCUT2D eigenvalue weighted by atomic mass is 79.9. The van der Waals surface area contributed by atoms with E-state index in [2.05, 4.69) is 22.9 Å². The normalized spacial score (nSPS) is 13.0. The van der Waals surface area contributed by atoms with Crippen LogP contribution >= 0.6 is 15.9 Å². The van der Waals surface area contributed by atoms with Crippen LogP contribution in [0, 0.1) is 0 Å². The fraction of sp³-hybridized carbons (Fsp3) is 0.857. The monoisotopic (exact) mass is 207 g/mol. The lowest BCUT2D eigenvalue weighted by molar-refractivity contribution is -0.117. The van der Waals surface area contributed by atoms with E-state index in [1.807, 2.05) is 0 Å². The maximum atomic E-state index is 10.4. The van der Waals surface area contributed by atoms with Crippen molar-refractivity contribution in [3.63, 3.8) is 0 Å². The van der Waals surface area contributed by atoms with Crippen LogP contribution in [0.15, 0.2) is 0 Å². The van der Waals surface area contributed by atoms with Crippen molar-refractivity contribution in [2.45, 2.75) is 37.4 Å². The van der Waals surface area contributed by atoms with Crippen molar-refractivity contribution in [2.75, 3.05) is 0 Å². The Kier molecular flexibility index (Phi) is 5.69. The van der Waals surface area contributed by atoms with Crippen LogP contribution in [0.2, 0.25) is 0 Å². The summed E-state index contributed by atoms with van der Waals surface area (Å²) in [5.74, 6) is -0.224. The second-order valence-electron chi connectivity index (χ2n) is 2.41. The zero-order valence-corrected chi connectivity index (χ0v) is 7.86. The van der Waals surface area contributed by atoms with Gasteiger partial charge in [0.15, 0.2) is 0 Å². The molecule has 0 aliphatic carbocycles. The molecule has 0 rings (SSSR count). The van der Waals surface area contributed by atoms with E-state index in [-0.39, 0.29) is 10.7 Å². The molecule has 0 aliphatic rings. The maximum absolute atomic E-state index is 10.4. The molecule has 0 spiro atoms. The number of carbonyl (C=O) groups is 1. The highest BCUT2D eigenvalue weighted by Crippen LogP contribution is 2.12. The summed E-state index contributed by atoms with van der Waals surface area (Å²) < 4.78 is 0. The highest BCUT2D eigenvalue weighted by molar-refractivity contribution is 9.09. The molecule has 0 aromatic heterocycles. The van der Waals surface area contributed by atoms with Gasteiger partial charge in [0.05, 0.1) is 0 Å². The van der Waals surface area contributed by atoms with Crippen LogP contribution in [0.5, 0.6) is 0 Å². The van der Waals surface area contributed by atoms with Gasteiger partial charge >= 0.3 is 0 Å². The topological polar surface area (TPSA) is 43.1 Å². The van der Waals surface area contributed by atoms with E-state index in [0.717, 1.165) is 12.8 Å². The van der Waals surface area contributed by atoms with Gasteiger partial charge in [0, 0.05) is 11.2 Å². The summed E-state index contributed by atoms with van der Waals surface area (Å²) in [7, 11) is 0. The number of unbranched alkanes of at least 4 members (excludes halogenated alkanes) is 1. The summed E-state index contributed by atoms with van der Waals surface area (Å²) in [5, 5.41) is 0. The molecule has 0 aromatic rings. The highest BCUT2D eigenvalue weighted by Gasteiger charge is 2.05. The van der Waals surface area contributed by atoms with Gasteiger partial charge in [-0.05, 0) is 6.42 Å². The van der Waals surface area contributed by atoms with Gasteiger partial charge in [-0.25, -0.2) is 0 Å². The third-order valence-electron chi connectivity index (χ3n) is 1.29. The van der Waals surface area contributed by atoms with E-state index in [0.29, 0.717) is 6.42 Å². The van der Waals surface area contributed by atoms with Crippen LogP contribution < -0.4 is 5.73 Å². The predicted molar refractivity (Wildman–Crippen MR) is 46.1 cm³/mol. The number of nitrogens with two attached hydrogens (primary N) is 1. The molecule has 60 valence electrons. The summed E-state index contributed by atoms with van der Waals surface area (Å²) in [5.41, 5.74) is 5.00. The fourth-order valence-electron chi connectivity index (χ4n) is 0.746. The molecule has 0 aromatic carbocycles. The van der Waals surface area contributed by atoms with Crippen molar-refractivity contribution in [1.29, 1.82) is 0 Å². The zero-order chi connectivity index (χ0) is 7.98. The molecule has 10 heavy (non-hydrogen) atoms. The van der Waals surface area contributed by atoms with Crippen LogP contribution in [0.1, 0.15) is 32.6 Å². The minimum Gasteiger partial charge on any atom is -0.370 e. The van der Waals surface area contributed by atoms with Crippen LogP contribution in [-0.4, -0.2) is 10.7 Å². The molecule has 1 amide bonds. The smallest absolute Gasteiger partial charge is 0.218 e. The molecule has 0 aliphatic heterocycles. The lowest BCUT2D eigenvalue weighted by atomic mass is 10.1. The van der Waals surface area contributed by atoms with Crippen molar-refractivity contribution in [3.05, 3.63) is 0 Å². The van der Waals surface area contributed by atoms with E-state index in [1.165, 1.54) is 6.42 Å². The van der Waals surface area contributed by atoms with E-state index in [1.54, 1.807) is 0 Å². The fourth-order valence-corrected chi connectivity index (χ4v) is 1.39. The van der Waals surface area contributed by atoms with Crippen molar-refractivity contribution < 1.29 is 4.79 Å². The number of hydrogen-bond donors (Lipinski definition) is 1. The maximum Gasteiger partial charge on any atom is 0.218 e. The van der Waals surface area contributed by atoms with Gasteiger partial charge in [-0.3, -0.25) is 4.79 Å². The lowest BCUT2D eigenvalue weighted by Gasteiger charge is -2.04. The van der Waals surface area contributed by atoms with Gasteiger partial charge in [0.25, 0.3) is 0 Å². The quantitative estimate of drug-likeness (QED) is 0.688. The Morgan fingerprint density at radius 2 is 2.30 bits per heavy atom. The van der Waals surface area contributed by atoms with E-state index < -0.39 is 0 Å². The second-order valence-corrected chi connectivity index (χ2v) is 3.70. The number of rotatable bonds is 5. The average Bonchev–Trinajstić information content (AvgIpc) is 1.82. The molecule has 0 bridgehead atoms. The first-order valence-corrected chi connectivity index (χ1v) is 4.50. The minimum absolute atomic E-state index is 0.224. The number of hydrogen-bond acceptors (Lipinski definition) is 1. The van der Waals surface area contributed by atoms with Crippen LogP contribution in [0.25, 0.3) is 0 Å². The Balaban J connectivity index is 3.25. The molecule has 0 radical (unpaired) electrons. The van der Waals surface area contributed by atoms with Gasteiger partial charge < -0.3 is 5.73 Å². The first-order chi connectivity index (χ1) is 4.66. The first-order valence-electron chi connectivity index (χ1n) is 3.59. The summed E-state index contributed by atoms with van der Waals surface area (Å²) in [6, 6.07) is 0. The third kappa shape index (κ3) is 6.08.